The van der Waals surface area contributed by atoms with Gasteiger partial charge in [0.05, 0.1) is 13.2 Å². The number of aliphatic hydroxyl groups is 3. The lowest BCUT2D eigenvalue weighted by Gasteiger charge is -2.24. The van der Waals surface area contributed by atoms with Crippen LogP contribution in [0.1, 0.15) is 84.0 Å². The number of allylic oxidation sites excluding steroid dienone is 2. The van der Waals surface area contributed by atoms with Gasteiger partial charge < -0.3 is 24.8 Å². The quantitative estimate of drug-likeness (QED) is 0.262. The van der Waals surface area contributed by atoms with E-state index in [0.29, 0.717) is 6.61 Å². The minimum atomic E-state index is -0.979. The lowest BCUT2D eigenvalue weighted by molar-refractivity contribution is -0.101. The van der Waals surface area contributed by atoms with Crippen molar-refractivity contribution in [2.24, 2.45) is 0 Å². The van der Waals surface area contributed by atoms with Crippen LogP contribution in [0.25, 0.3) is 0 Å². The zero-order valence-electron chi connectivity index (χ0n) is 17.2. The van der Waals surface area contributed by atoms with Crippen LogP contribution >= 0.6 is 0 Å². The van der Waals surface area contributed by atoms with Gasteiger partial charge in [-0.15, -0.1) is 0 Å². The molecule has 0 aromatic heterocycles. The number of hydrogen-bond acceptors (Lipinski definition) is 5. The van der Waals surface area contributed by atoms with Crippen LogP contribution in [0.2, 0.25) is 0 Å². The van der Waals surface area contributed by atoms with Crippen molar-refractivity contribution < 1.29 is 24.8 Å². The van der Waals surface area contributed by atoms with Crippen molar-refractivity contribution in [1.29, 1.82) is 0 Å². The van der Waals surface area contributed by atoms with E-state index in [2.05, 4.69) is 19.1 Å². The van der Waals surface area contributed by atoms with Gasteiger partial charge in [0.15, 0.2) is 0 Å². The fourth-order valence-corrected chi connectivity index (χ4v) is 3.44. The number of hydrogen-bond donors (Lipinski definition) is 3. The Bertz CT molecular complexity index is 361. The first-order valence-electron chi connectivity index (χ1n) is 11.1. The predicted octanol–water partition coefficient (Wildman–Crippen LogP) is 3.74. The summed E-state index contributed by atoms with van der Waals surface area (Å²) in [5.74, 6) is 0. The molecule has 0 spiro atoms. The average Bonchev–Trinajstić information content (AvgIpc) is 3.00. The first-order valence-corrected chi connectivity index (χ1v) is 11.1. The topological polar surface area (TPSA) is 79.2 Å². The van der Waals surface area contributed by atoms with E-state index < -0.39 is 24.4 Å². The number of aliphatic hydroxyl groups excluding tert-OH is 3. The summed E-state index contributed by atoms with van der Waals surface area (Å²) in [6.45, 7) is 2.69. The summed E-state index contributed by atoms with van der Waals surface area (Å²) in [4.78, 5) is 0. The highest BCUT2D eigenvalue weighted by Crippen LogP contribution is 2.20. The Morgan fingerprint density at radius 1 is 0.926 bits per heavy atom. The van der Waals surface area contributed by atoms with Gasteiger partial charge in [-0.05, 0) is 32.1 Å². The van der Waals surface area contributed by atoms with Crippen molar-refractivity contribution >= 4 is 0 Å². The first kappa shape index (κ1) is 24.6. The van der Waals surface area contributed by atoms with E-state index in [1.165, 1.54) is 64.2 Å². The van der Waals surface area contributed by atoms with Gasteiger partial charge in [-0.1, -0.05) is 64.0 Å². The predicted molar refractivity (Wildman–Crippen MR) is 109 cm³/mol. The molecular formula is C22H42O5. The summed E-state index contributed by atoms with van der Waals surface area (Å²) in [6.07, 6.45) is 16.5. The van der Waals surface area contributed by atoms with Crippen LogP contribution in [0, 0.1) is 0 Å². The molecule has 0 unspecified atom stereocenters. The molecule has 4 atom stereocenters. The molecule has 0 aliphatic carbocycles. The Hall–Kier alpha value is -0.460. The van der Waals surface area contributed by atoms with Crippen LogP contribution in [-0.4, -0.2) is 59.6 Å². The van der Waals surface area contributed by atoms with Crippen molar-refractivity contribution in [2.75, 3.05) is 19.8 Å². The van der Waals surface area contributed by atoms with Crippen LogP contribution in [-0.2, 0) is 9.47 Å². The highest BCUT2D eigenvalue weighted by molar-refractivity contribution is 4.88. The molecular weight excluding hydrogens is 344 g/mol. The first-order chi connectivity index (χ1) is 13.2. The van der Waals surface area contributed by atoms with Crippen molar-refractivity contribution in [3.8, 4) is 0 Å². The van der Waals surface area contributed by atoms with Gasteiger partial charge in [0.25, 0.3) is 0 Å². The largest absolute Gasteiger partial charge is 0.394 e. The normalized spacial score (nSPS) is 24.1. The smallest absolute Gasteiger partial charge is 0.114 e. The second-order valence-electron chi connectivity index (χ2n) is 7.68. The fourth-order valence-electron chi connectivity index (χ4n) is 3.44. The van der Waals surface area contributed by atoms with Gasteiger partial charge in [0.1, 0.15) is 24.4 Å². The Balaban J connectivity index is 1.89. The highest BCUT2D eigenvalue weighted by atomic mass is 16.6. The van der Waals surface area contributed by atoms with Crippen molar-refractivity contribution in [3.63, 3.8) is 0 Å². The fraction of sp³-hybridized carbons (Fsp3) is 0.909. The molecule has 1 rings (SSSR count). The minimum Gasteiger partial charge on any atom is -0.394 e. The summed E-state index contributed by atoms with van der Waals surface area (Å²) in [5.41, 5.74) is 0. The third kappa shape index (κ3) is 11.2. The zero-order chi connectivity index (χ0) is 19.7. The van der Waals surface area contributed by atoms with Crippen LogP contribution in [0.4, 0.5) is 0 Å². The van der Waals surface area contributed by atoms with E-state index in [-0.39, 0.29) is 13.2 Å². The molecule has 1 fully saturated rings. The van der Waals surface area contributed by atoms with Crippen LogP contribution < -0.4 is 0 Å². The van der Waals surface area contributed by atoms with Gasteiger partial charge in [-0.2, -0.15) is 0 Å². The van der Waals surface area contributed by atoms with Crippen molar-refractivity contribution in [1.82, 2.24) is 0 Å². The Kier molecular flexibility index (Phi) is 15.0. The van der Waals surface area contributed by atoms with Gasteiger partial charge >= 0.3 is 0 Å². The molecule has 1 aliphatic rings. The molecule has 0 aromatic carbocycles. The van der Waals surface area contributed by atoms with Crippen molar-refractivity contribution in [3.05, 3.63) is 12.2 Å². The van der Waals surface area contributed by atoms with Gasteiger partial charge in [-0.3, -0.25) is 0 Å². The van der Waals surface area contributed by atoms with Crippen LogP contribution in [0.15, 0.2) is 12.2 Å². The molecule has 0 bridgehead atoms. The Morgan fingerprint density at radius 2 is 1.52 bits per heavy atom. The Morgan fingerprint density at radius 3 is 2.07 bits per heavy atom. The van der Waals surface area contributed by atoms with E-state index in [1.54, 1.807) is 0 Å². The van der Waals surface area contributed by atoms with Crippen LogP contribution in [0.5, 0.6) is 0 Å². The summed E-state index contributed by atoms with van der Waals surface area (Å²) in [5, 5.41) is 28.7. The molecule has 0 aromatic rings. The van der Waals surface area contributed by atoms with Gasteiger partial charge in [0, 0.05) is 6.61 Å². The van der Waals surface area contributed by atoms with Crippen molar-refractivity contribution in [2.45, 2.75) is 108 Å². The standard InChI is InChI=1S/C22H42O5/c1-2-3-4-5-6-7-8-9-10-11-12-13-14-15-16-26-20(17-23)22-21(25)19(24)18-27-22/h7-8,19-25H,2-6,9-18H2,1H3/b8-7+/t19-,20+,21-,22-/m0/s1. The van der Waals surface area contributed by atoms with Gasteiger partial charge in [-0.25, -0.2) is 0 Å². The van der Waals surface area contributed by atoms with Gasteiger partial charge in [0.2, 0.25) is 0 Å². The third-order valence-corrected chi connectivity index (χ3v) is 5.22. The summed E-state index contributed by atoms with van der Waals surface area (Å²) >= 11 is 0. The van der Waals surface area contributed by atoms with E-state index in [9.17, 15) is 15.3 Å². The summed E-state index contributed by atoms with van der Waals surface area (Å²) < 4.78 is 11.0. The molecule has 0 saturated carbocycles. The van der Waals surface area contributed by atoms with E-state index >= 15 is 0 Å². The molecule has 160 valence electrons. The average molecular weight is 387 g/mol. The molecule has 0 amide bonds. The van der Waals surface area contributed by atoms with E-state index in [4.69, 9.17) is 9.47 Å². The minimum absolute atomic E-state index is 0.0970. The lowest BCUT2D eigenvalue weighted by Crippen LogP contribution is -2.42. The molecule has 5 nitrogen and oxygen atoms in total. The molecule has 27 heavy (non-hydrogen) atoms. The number of unbranched alkanes of at least 4 members (excludes halogenated alkanes) is 10. The maximum absolute atomic E-state index is 9.81. The Labute approximate surface area is 165 Å². The molecule has 0 radical (unpaired) electrons. The second-order valence-corrected chi connectivity index (χ2v) is 7.68. The molecule has 1 saturated heterocycles. The molecule has 1 heterocycles. The SMILES string of the molecule is CCCCCC/C=C/CCCCCCCCO[C@H](CO)[C@@H]1OC[C@H](O)[C@@H]1O. The summed E-state index contributed by atoms with van der Waals surface area (Å²) in [7, 11) is 0. The van der Waals surface area contributed by atoms with Crippen LogP contribution in [0.3, 0.4) is 0 Å². The maximum Gasteiger partial charge on any atom is 0.114 e. The molecule has 5 heteroatoms. The third-order valence-electron chi connectivity index (χ3n) is 5.22. The zero-order valence-corrected chi connectivity index (χ0v) is 17.2. The maximum atomic E-state index is 9.81. The second kappa shape index (κ2) is 16.5. The highest BCUT2D eigenvalue weighted by Gasteiger charge is 2.40. The molecule has 1 aliphatic heterocycles. The summed E-state index contributed by atoms with van der Waals surface area (Å²) in [6, 6.07) is 0. The van der Waals surface area contributed by atoms with E-state index in [0.717, 1.165) is 12.8 Å². The lowest BCUT2D eigenvalue weighted by atomic mass is 10.1. The molecule has 3 N–H and O–H groups in total. The monoisotopic (exact) mass is 386 g/mol. The van der Waals surface area contributed by atoms with E-state index in [1.807, 2.05) is 0 Å². The number of rotatable bonds is 17. The number of ether oxygens (including phenoxy) is 2.